The van der Waals surface area contributed by atoms with Gasteiger partial charge in [0.25, 0.3) is 0 Å². The third-order valence-corrected chi connectivity index (χ3v) is 5.58. The molecule has 0 saturated heterocycles. The molecule has 0 fully saturated rings. The third-order valence-electron chi connectivity index (χ3n) is 3.47. The average Bonchev–Trinajstić information content (AvgIpc) is 2.47. The van der Waals surface area contributed by atoms with E-state index >= 15 is 0 Å². The van der Waals surface area contributed by atoms with Crippen LogP contribution in [-0.2, 0) is 3.42 Å². The maximum atomic E-state index is 4.49. The number of halogens is 1. The van der Waals surface area contributed by atoms with E-state index in [4.69, 9.17) is 0 Å². The van der Waals surface area contributed by atoms with Gasteiger partial charge in [-0.1, -0.05) is 66.8 Å². The van der Waals surface area contributed by atoms with Crippen LogP contribution in [-0.4, -0.2) is 4.98 Å². The van der Waals surface area contributed by atoms with E-state index < -0.39 is 0 Å². The van der Waals surface area contributed by atoms with Crippen LogP contribution in [0.5, 0.6) is 0 Å². The van der Waals surface area contributed by atoms with Crippen molar-refractivity contribution in [2.45, 2.75) is 30.1 Å². The lowest BCUT2D eigenvalue weighted by Gasteiger charge is -2.27. The maximum absolute atomic E-state index is 4.49. The van der Waals surface area contributed by atoms with Gasteiger partial charge in [-0.25, -0.2) is 0 Å². The van der Waals surface area contributed by atoms with Gasteiger partial charge in [0, 0.05) is 15.2 Å². The summed E-state index contributed by atoms with van der Waals surface area (Å²) in [5.74, 6) is 0. The van der Waals surface area contributed by atoms with Crippen LogP contribution in [0.15, 0.2) is 48.7 Å². The van der Waals surface area contributed by atoms with Crippen molar-refractivity contribution in [3.05, 3.63) is 54.2 Å². The van der Waals surface area contributed by atoms with E-state index in [0.717, 1.165) is 18.5 Å². The van der Waals surface area contributed by atoms with E-state index in [1.54, 1.807) is 0 Å². The monoisotopic (exact) mass is 351 g/mol. The Hall–Kier alpha value is -0.900. The smallest absolute Gasteiger partial charge is 0.0705 e. The normalized spacial score (nSPS) is 11.5. The van der Waals surface area contributed by atoms with E-state index in [2.05, 4.69) is 71.8 Å². The SMILES string of the molecule is CCC(I)(CC)c1ccccc1-c1ccccn1. The number of hydrogen-bond acceptors (Lipinski definition) is 1. The highest BCUT2D eigenvalue weighted by molar-refractivity contribution is 14.1. The lowest BCUT2D eigenvalue weighted by Crippen LogP contribution is -2.16. The lowest BCUT2D eigenvalue weighted by atomic mass is 9.88. The lowest BCUT2D eigenvalue weighted by molar-refractivity contribution is 0.613. The first-order valence-electron chi connectivity index (χ1n) is 6.41. The summed E-state index contributed by atoms with van der Waals surface area (Å²) in [6.45, 7) is 4.51. The first-order valence-corrected chi connectivity index (χ1v) is 7.49. The van der Waals surface area contributed by atoms with Crippen molar-refractivity contribution in [1.82, 2.24) is 4.98 Å². The van der Waals surface area contributed by atoms with E-state index in [0.29, 0.717) is 0 Å². The summed E-state index contributed by atoms with van der Waals surface area (Å²) in [6, 6.07) is 14.7. The average molecular weight is 351 g/mol. The van der Waals surface area contributed by atoms with Crippen LogP contribution in [0.4, 0.5) is 0 Å². The first-order chi connectivity index (χ1) is 8.71. The molecule has 0 spiro atoms. The minimum atomic E-state index is 0.200. The second-order valence-corrected chi connectivity index (χ2v) is 6.50. The molecular weight excluding hydrogens is 333 g/mol. The van der Waals surface area contributed by atoms with Gasteiger partial charge in [-0.05, 0) is 30.5 Å². The van der Waals surface area contributed by atoms with Crippen LogP contribution in [0.2, 0.25) is 0 Å². The summed E-state index contributed by atoms with van der Waals surface area (Å²) in [5.41, 5.74) is 3.72. The Morgan fingerprint density at radius 2 is 1.67 bits per heavy atom. The van der Waals surface area contributed by atoms with Gasteiger partial charge in [-0.3, -0.25) is 4.98 Å². The number of rotatable bonds is 4. The second kappa shape index (κ2) is 5.83. The van der Waals surface area contributed by atoms with E-state index in [1.807, 2.05) is 18.3 Å². The first kappa shape index (κ1) is 13.5. The predicted octanol–water partition coefficient (Wildman–Crippen LogP) is 5.20. The van der Waals surface area contributed by atoms with Crippen molar-refractivity contribution in [3.63, 3.8) is 0 Å². The van der Waals surface area contributed by atoms with Crippen molar-refractivity contribution in [1.29, 1.82) is 0 Å². The summed E-state index contributed by atoms with van der Waals surface area (Å²) in [6.07, 6.45) is 4.13. The predicted molar refractivity (Wildman–Crippen MR) is 86.0 cm³/mol. The molecule has 1 aromatic carbocycles. The van der Waals surface area contributed by atoms with Crippen molar-refractivity contribution in [3.8, 4) is 11.3 Å². The highest BCUT2D eigenvalue weighted by atomic mass is 127. The molecule has 2 heteroatoms. The Morgan fingerprint density at radius 3 is 2.28 bits per heavy atom. The topological polar surface area (TPSA) is 12.9 Å². The highest BCUT2D eigenvalue weighted by Gasteiger charge is 2.27. The Morgan fingerprint density at radius 1 is 1.00 bits per heavy atom. The Bertz CT molecular complexity index is 504. The van der Waals surface area contributed by atoms with E-state index in [-0.39, 0.29) is 3.42 Å². The number of hydrogen-bond donors (Lipinski definition) is 0. The van der Waals surface area contributed by atoms with Crippen LogP contribution in [0, 0.1) is 0 Å². The zero-order valence-electron chi connectivity index (χ0n) is 10.9. The minimum Gasteiger partial charge on any atom is -0.256 e. The third kappa shape index (κ3) is 2.58. The molecule has 0 saturated carbocycles. The molecule has 1 aromatic heterocycles. The molecule has 18 heavy (non-hydrogen) atoms. The molecular formula is C16H18IN. The number of pyridine rings is 1. The molecule has 0 bridgehead atoms. The van der Waals surface area contributed by atoms with Gasteiger partial charge in [0.1, 0.15) is 0 Å². The van der Waals surface area contributed by atoms with E-state index in [1.165, 1.54) is 11.1 Å². The summed E-state index contributed by atoms with van der Waals surface area (Å²) in [4.78, 5) is 4.49. The fourth-order valence-electron chi connectivity index (χ4n) is 2.25. The number of alkyl halides is 1. The summed E-state index contributed by atoms with van der Waals surface area (Å²) >= 11 is 2.59. The highest BCUT2D eigenvalue weighted by Crippen LogP contribution is 2.42. The summed E-state index contributed by atoms with van der Waals surface area (Å²) < 4.78 is 0.200. The molecule has 0 aliphatic carbocycles. The molecule has 0 aliphatic rings. The maximum Gasteiger partial charge on any atom is 0.0705 e. The van der Waals surface area contributed by atoms with Crippen LogP contribution in [0.25, 0.3) is 11.3 Å². The molecule has 0 unspecified atom stereocenters. The van der Waals surface area contributed by atoms with Gasteiger partial charge in [-0.15, -0.1) is 0 Å². The molecule has 0 N–H and O–H groups in total. The molecule has 1 nitrogen and oxygen atoms in total. The summed E-state index contributed by atoms with van der Waals surface area (Å²) in [7, 11) is 0. The van der Waals surface area contributed by atoms with Crippen molar-refractivity contribution >= 4 is 22.6 Å². The molecule has 0 atom stereocenters. The quantitative estimate of drug-likeness (QED) is 0.545. The molecule has 0 aliphatic heterocycles. The zero-order valence-corrected chi connectivity index (χ0v) is 13.0. The van der Waals surface area contributed by atoms with Gasteiger partial charge in [0.15, 0.2) is 0 Å². The Balaban J connectivity index is 2.57. The zero-order chi connectivity index (χ0) is 13.0. The van der Waals surface area contributed by atoms with E-state index in [9.17, 15) is 0 Å². The molecule has 0 amide bonds. The number of benzene rings is 1. The molecule has 2 aromatic rings. The van der Waals surface area contributed by atoms with Gasteiger partial charge < -0.3 is 0 Å². The second-order valence-electron chi connectivity index (χ2n) is 4.43. The molecule has 0 radical (unpaired) electrons. The Kier molecular flexibility index (Phi) is 4.38. The summed E-state index contributed by atoms with van der Waals surface area (Å²) in [5, 5.41) is 0. The van der Waals surface area contributed by atoms with Crippen molar-refractivity contribution in [2.24, 2.45) is 0 Å². The van der Waals surface area contributed by atoms with Crippen molar-refractivity contribution < 1.29 is 0 Å². The van der Waals surface area contributed by atoms with Gasteiger partial charge >= 0.3 is 0 Å². The van der Waals surface area contributed by atoms with Crippen LogP contribution in [0.3, 0.4) is 0 Å². The minimum absolute atomic E-state index is 0.200. The number of aromatic nitrogens is 1. The van der Waals surface area contributed by atoms with Crippen LogP contribution >= 0.6 is 22.6 Å². The van der Waals surface area contributed by atoms with Crippen LogP contribution < -0.4 is 0 Å². The Labute approximate surface area is 123 Å². The van der Waals surface area contributed by atoms with Crippen molar-refractivity contribution in [2.75, 3.05) is 0 Å². The molecule has 2 rings (SSSR count). The molecule has 1 heterocycles. The standard InChI is InChI=1S/C16H18IN/c1-3-16(17,4-2)14-10-6-5-9-13(14)15-11-7-8-12-18-15/h5-12H,3-4H2,1-2H3. The molecule has 94 valence electrons. The fourth-order valence-corrected chi connectivity index (χ4v) is 2.72. The fraction of sp³-hybridized carbons (Fsp3) is 0.312. The van der Waals surface area contributed by atoms with Gasteiger partial charge in [0.05, 0.1) is 5.69 Å². The van der Waals surface area contributed by atoms with Gasteiger partial charge in [0.2, 0.25) is 0 Å². The largest absolute Gasteiger partial charge is 0.256 e. The number of nitrogens with zero attached hydrogens (tertiary/aromatic N) is 1. The van der Waals surface area contributed by atoms with Crippen LogP contribution in [0.1, 0.15) is 32.3 Å². The van der Waals surface area contributed by atoms with Gasteiger partial charge in [-0.2, -0.15) is 0 Å².